The molecule has 0 bridgehead atoms. The van der Waals surface area contributed by atoms with Crippen LogP contribution in [0.25, 0.3) is 10.9 Å². The molecule has 0 spiro atoms. The Hall–Kier alpha value is -2.28. The van der Waals surface area contributed by atoms with E-state index in [1.165, 1.54) is 0 Å². The summed E-state index contributed by atoms with van der Waals surface area (Å²) in [4.78, 5) is 14.0. The van der Waals surface area contributed by atoms with Crippen LogP contribution in [0.3, 0.4) is 0 Å². The molecule has 0 aliphatic heterocycles. The molecular weight excluding hydrogens is 216 g/mol. The van der Waals surface area contributed by atoms with Gasteiger partial charge in [0.05, 0.1) is 17.6 Å². The minimum absolute atomic E-state index is 0.0928. The van der Waals surface area contributed by atoms with Crippen LogP contribution in [0.15, 0.2) is 24.4 Å². The van der Waals surface area contributed by atoms with E-state index < -0.39 is 5.97 Å². The number of H-pyrrole nitrogens is 1. The van der Waals surface area contributed by atoms with Crippen molar-refractivity contribution in [2.45, 2.75) is 12.3 Å². The summed E-state index contributed by atoms with van der Waals surface area (Å²) < 4.78 is 0. The van der Waals surface area contributed by atoms with Crippen LogP contribution in [-0.4, -0.2) is 16.1 Å². The summed E-state index contributed by atoms with van der Waals surface area (Å²) in [5.74, 6) is -0.907. The molecule has 1 aliphatic rings. The summed E-state index contributed by atoms with van der Waals surface area (Å²) in [6, 6.07) is 7.53. The number of nitriles is 1. The van der Waals surface area contributed by atoms with Crippen LogP contribution in [0.2, 0.25) is 0 Å². The molecule has 17 heavy (non-hydrogen) atoms. The van der Waals surface area contributed by atoms with Gasteiger partial charge >= 0.3 is 5.97 Å². The van der Waals surface area contributed by atoms with Crippen molar-refractivity contribution in [3.05, 3.63) is 35.5 Å². The topological polar surface area (TPSA) is 76.9 Å². The molecule has 2 aromatic rings. The molecule has 0 saturated heterocycles. The third-order valence-corrected chi connectivity index (χ3v) is 3.35. The molecule has 1 fully saturated rings. The Labute approximate surface area is 97.5 Å². The van der Waals surface area contributed by atoms with E-state index in [-0.39, 0.29) is 11.8 Å². The number of benzene rings is 1. The third-order valence-electron chi connectivity index (χ3n) is 3.35. The molecule has 1 saturated carbocycles. The first kappa shape index (κ1) is 9.91. The van der Waals surface area contributed by atoms with Crippen LogP contribution >= 0.6 is 0 Å². The SMILES string of the molecule is N#Cc1ccc2[nH]cc(C3CC3C(=O)O)c2c1. The minimum atomic E-state index is -0.735. The number of aromatic nitrogens is 1. The normalized spacial score (nSPS) is 22.3. The molecule has 1 heterocycles. The fourth-order valence-corrected chi connectivity index (χ4v) is 2.33. The number of carbonyl (C=O) groups is 1. The number of fused-ring (bicyclic) bond motifs is 1. The number of nitrogens with one attached hydrogen (secondary N) is 1. The Morgan fingerprint density at radius 2 is 2.35 bits per heavy atom. The van der Waals surface area contributed by atoms with E-state index in [9.17, 15) is 4.79 Å². The molecule has 3 rings (SSSR count). The molecule has 1 aromatic carbocycles. The highest BCUT2D eigenvalue weighted by atomic mass is 16.4. The molecule has 2 atom stereocenters. The monoisotopic (exact) mass is 226 g/mol. The standard InChI is InChI=1S/C13H10N2O2/c14-5-7-1-2-12-9(3-7)11(6-15-12)8-4-10(8)13(16)17/h1-3,6,8,10,15H,4H2,(H,16,17). The summed E-state index contributed by atoms with van der Waals surface area (Å²) in [5.41, 5.74) is 2.57. The first-order valence-corrected chi connectivity index (χ1v) is 5.44. The van der Waals surface area contributed by atoms with Crippen LogP contribution in [0, 0.1) is 17.2 Å². The maximum absolute atomic E-state index is 10.9. The summed E-state index contributed by atoms with van der Waals surface area (Å²) in [6.45, 7) is 0. The lowest BCUT2D eigenvalue weighted by Crippen LogP contribution is -1.98. The van der Waals surface area contributed by atoms with Crippen LogP contribution in [-0.2, 0) is 4.79 Å². The van der Waals surface area contributed by atoms with Gasteiger partial charge in [0.15, 0.2) is 0 Å². The third kappa shape index (κ3) is 1.48. The van der Waals surface area contributed by atoms with Gasteiger partial charge < -0.3 is 10.1 Å². The van der Waals surface area contributed by atoms with Gasteiger partial charge in [-0.3, -0.25) is 4.79 Å². The second kappa shape index (κ2) is 3.36. The van der Waals surface area contributed by atoms with Crippen molar-refractivity contribution in [2.75, 3.05) is 0 Å². The Morgan fingerprint density at radius 1 is 1.53 bits per heavy atom. The van der Waals surface area contributed by atoms with Crippen molar-refractivity contribution < 1.29 is 9.90 Å². The van der Waals surface area contributed by atoms with E-state index >= 15 is 0 Å². The van der Waals surface area contributed by atoms with E-state index in [1.807, 2.05) is 18.3 Å². The number of rotatable bonds is 2. The fraction of sp³-hybridized carbons (Fsp3) is 0.231. The number of carboxylic acids is 1. The van der Waals surface area contributed by atoms with Crippen molar-refractivity contribution in [2.24, 2.45) is 5.92 Å². The van der Waals surface area contributed by atoms with Crippen molar-refractivity contribution in [1.82, 2.24) is 4.98 Å². The van der Waals surface area contributed by atoms with Gasteiger partial charge in [0.2, 0.25) is 0 Å². The van der Waals surface area contributed by atoms with Crippen molar-refractivity contribution in [3.63, 3.8) is 0 Å². The zero-order valence-corrected chi connectivity index (χ0v) is 8.97. The predicted molar refractivity (Wildman–Crippen MR) is 61.5 cm³/mol. The number of nitrogens with zero attached hydrogens (tertiary/aromatic N) is 1. The second-order valence-corrected chi connectivity index (χ2v) is 4.40. The summed E-state index contributed by atoms with van der Waals surface area (Å²) >= 11 is 0. The highest BCUT2D eigenvalue weighted by Crippen LogP contribution is 2.49. The first-order valence-electron chi connectivity index (χ1n) is 5.44. The Bertz CT molecular complexity index is 651. The van der Waals surface area contributed by atoms with Gasteiger partial charge in [-0.05, 0) is 30.2 Å². The quantitative estimate of drug-likeness (QED) is 0.824. The summed E-state index contributed by atoms with van der Waals surface area (Å²) in [5, 5.41) is 18.8. The lowest BCUT2D eigenvalue weighted by Gasteiger charge is -1.96. The molecule has 2 unspecified atom stereocenters. The molecule has 4 heteroatoms. The van der Waals surface area contributed by atoms with E-state index in [0.717, 1.165) is 16.5 Å². The Kier molecular flexibility index (Phi) is 1.96. The molecule has 4 nitrogen and oxygen atoms in total. The summed E-state index contributed by atoms with van der Waals surface area (Å²) in [7, 11) is 0. The fourth-order valence-electron chi connectivity index (χ4n) is 2.33. The maximum atomic E-state index is 10.9. The highest BCUT2D eigenvalue weighted by Gasteiger charge is 2.45. The predicted octanol–water partition coefficient (Wildman–Crippen LogP) is 2.23. The molecule has 2 N–H and O–H groups in total. The van der Waals surface area contributed by atoms with Gasteiger partial charge in [-0.25, -0.2) is 0 Å². The van der Waals surface area contributed by atoms with Gasteiger partial charge in [-0.1, -0.05) is 0 Å². The highest BCUT2D eigenvalue weighted by molar-refractivity contribution is 5.87. The van der Waals surface area contributed by atoms with Gasteiger partial charge in [0.1, 0.15) is 0 Å². The van der Waals surface area contributed by atoms with Gasteiger partial charge in [0.25, 0.3) is 0 Å². The zero-order valence-electron chi connectivity index (χ0n) is 8.97. The summed E-state index contributed by atoms with van der Waals surface area (Å²) in [6.07, 6.45) is 2.55. The van der Waals surface area contributed by atoms with Gasteiger partial charge in [-0.15, -0.1) is 0 Å². The average Bonchev–Trinajstić information content (AvgIpc) is 3.02. The van der Waals surface area contributed by atoms with Gasteiger partial charge in [-0.2, -0.15) is 5.26 Å². The number of hydrogen-bond acceptors (Lipinski definition) is 2. The maximum Gasteiger partial charge on any atom is 0.307 e. The van der Waals surface area contributed by atoms with E-state index in [0.29, 0.717) is 12.0 Å². The Balaban J connectivity index is 2.07. The molecule has 0 amide bonds. The number of aromatic amines is 1. The minimum Gasteiger partial charge on any atom is -0.481 e. The number of aliphatic carboxylic acids is 1. The smallest absolute Gasteiger partial charge is 0.307 e. The first-order chi connectivity index (χ1) is 8.20. The average molecular weight is 226 g/mol. The largest absolute Gasteiger partial charge is 0.481 e. The van der Waals surface area contributed by atoms with E-state index in [2.05, 4.69) is 11.1 Å². The molecule has 1 aromatic heterocycles. The van der Waals surface area contributed by atoms with E-state index in [1.54, 1.807) is 6.07 Å². The van der Waals surface area contributed by atoms with Crippen LogP contribution < -0.4 is 0 Å². The Morgan fingerprint density at radius 3 is 3.00 bits per heavy atom. The van der Waals surface area contributed by atoms with Crippen molar-refractivity contribution in [3.8, 4) is 6.07 Å². The van der Waals surface area contributed by atoms with Crippen LogP contribution in [0.1, 0.15) is 23.5 Å². The molecule has 0 radical (unpaired) electrons. The number of carboxylic acid groups (broad SMARTS) is 1. The van der Waals surface area contributed by atoms with Gasteiger partial charge in [0, 0.05) is 23.0 Å². The van der Waals surface area contributed by atoms with Crippen LogP contribution in [0.5, 0.6) is 0 Å². The zero-order chi connectivity index (χ0) is 12.0. The lowest BCUT2D eigenvalue weighted by atomic mass is 10.1. The lowest BCUT2D eigenvalue weighted by molar-refractivity contribution is -0.138. The van der Waals surface area contributed by atoms with Crippen molar-refractivity contribution >= 4 is 16.9 Å². The second-order valence-electron chi connectivity index (χ2n) is 4.40. The molecule has 84 valence electrons. The van der Waals surface area contributed by atoms with Crippen molar-refractivity contribution in [1.29, 1.82) is 5.26 Å². The molecular formula is C13H10N2O2. The van der Waals surface area contributed by atoms with E-state index in [4.69, 9.17) is 10.4 Å². The van der Waals surface area contributed by atoms with Crippen LogP contribution in [0.4, 0.5) is 0 Å². The number of hydrogen-bond donors (Lipinski definition) is 2. The molecule has 1 aliphatic carbocycles.